The number of rotatable bonds is 10. The van der Waals surface area contributed by atoms with Crippen molar-refractivity contribution in [2.24, 2.45) is 0 Å². The zero-order valence-corrected chi connectivity index (χ0v) is 22.3. The lowest BCUT2D eigenvalue weighted by Gasteiger charge is -2.33. The van der Waals surface area contributed by atoms with E-state index in [9.17, 15) is 14.9 Å². The Hall–Kier alpha value is -2.11. The maximum atomic E-state index is 13.3. The summed E-state index contributed by atoms with van der Waals surface area (Å²) in [5, 5.41) is 9.77. The van der Waals surface area contributed by atoms with Crippen LogP contribution in [0.25, 0.3) is 6.08 Å². The number of carbonyl (C=O) groups is 1. The highest BCUT2D eigenvalue weighted by Crippen LogP contribution is 2.36. The summed E-state index contributed by atoms with van der Waals surface area (Å²) in [6, 6.07) is 2.12. The molecule has 0 bridgehead atoms. The highest BCUT2D eigenvalue weighted by atomic mass is 32.2. The lowest BCUT2D eigenvalue weighted by Crippen LogP contribution is -2.37. The monoisotopic (exact) mass is 500 g/mol. The van der Waals surface area contributed by atoms with Crippen molar-refractivity contribution in [2.45, 2.75) is 85.1 Å². The Bertz CT molecular complexity index is 1050. The summed E-state index contributed by atoms with van der Waals surface area (Å²) in [5.74, 6) is 0.772. The molecule has 0 unspecified atom stereocenters. The number of nitrogens with zero attached hydrogens (tertiary/aromatic N) is 4. The highest BCUT2D eigenvalue weighted by Gasteiger charge is 2.33. The number of nitriles is 1. The Labute approximate surface area is 213 Å². The van der Waals surface area contributed by atoms with Gasteiger partial charge in [-0.15, -0.1) is 0 Å². The Kier molecular flexibility index (Phi) is 9.78. The van der Waals surface area contributed by atoms with Gasteiger partial charge in [0.2, 0.25) is 0 Å². The van der Waals surface area contributed by atoms with E-state index in [0.717, 1.165) is 56.6 Å². The zero-order chi connectivity index (χ0) is 24.7. The van der Waals surface area contributed by atoms with Gasteiger partial charge in [0.15, 0.2) is 0 Å². The first kappa shape index (κ1) is 26.5. The van der Waals surface area contributed by atoms with Crippen molar-refractivity contribution in [3.05, 3.63) is 31.9 Å². The molecule has 0 spiro atoms. The van der Waals surface area contributed by atoms with Crippen molar-refractivity contribution in [1.29, 1.82) is 5.26 Å². The smallest absolute Gasteiger partial charge is 0.270 e. The lowest BCUT2D eigenvalue weighted by atomic mass is 10.0. The van der Waals surface area contributed by atoms with E-state index in [1.807, 2.05) is 19.9 Å². The summed E-state index contributed by atoms with van der Waals surface area (Å²) in [5.41, 5.74) is 1.37. The van der Waals surface area contributed by atoms with Crippen LogP contribution in [0.4, 0.5) is 5.82 Å². The summed E-state index contributed by atoms with van der Waals surface area (Å²) in [6.07, 6.45) is 11.6. The molecule has 8 heteroatoms. The number of piperidine rings is 1. The molecule has 0 aromatic carbocycles. The SMILES string of the molecule is CCCCCCCN1C(=O)/C(=C/c2c(C)c(C#N)c(=O)n(CCC)c2N2CCCCC2)SC1=S. The van der Waals surface area contributed by atoms with E-state index in [1.165, 1.54) is 37.4 Å². The van der Waals surface area contributed by atoms with E-state index < -0.39 is 0 Å². The number of carbonyl (C=O) groups excluding carboxylic acids is 1. The molecule has 0 aliphatic carbocycles. The molecule has 184 valence electrons. The number of hydrogen-bond acceptors (Lipinski definition) is 6. The fraction of sp³-hybridized carbons (Fsp3) is 0.615. The maximum absolute atomic E-state index is 13.3. The average Bonchev–Trinajstić information content (AvgIpc) is 3.10. The number of anilines is 1. The van der Waals surface area contributed by atoms with Crippen molar-refractivity contribution < 1.29 is 4.79 Å². The van der Waals surface area contributed by atoms with Gasteiger partial charge in [-0.25, -0.2) is 0 Å². The topological polar surface area (TPSA) is 69.3 Å². The van der Waals surface area contributed by atoms with E-state index in [4.69, 9.17) is 12.2 Å². The largest absolute Gasteiger partial charge is 0.357 e. The maximum Gasteiger partial charge on any atom is 0.270 e. The summed E-state index contributed by atoms with van der Waals surface area (Å²) in [6.45, 7) is 8.96. The van der Waals surface area contributed by atoms with Gasteiger partial charge in [-0.3, -0.25) is 19.1 Å². The molecule has 2 aliphatic heterocycles. The van der Waals surface area contributed by atoms with Crippen LogP contribution in [-0.4, -0.2) is 39.3 Å². The second-order valence-corrected chi connectivity index (χ2v) is 10.8. The van der Waals surface area contributed by atoms with Gasteiger partial charge in [-0.2, -0.15) is 5.26 Å². The molecule has 1 aromatic heterocycles. The van der Waals surface area contributed by atoms with Crippen molar-refractivity contribution in [2.75, 3.05) is 24.5 Å². The molecule has 3 heterocycles. The van der Waals surface area contributed by atoms with E-state index in [0.29, 0.717) is 27.9 Å². The number of thiocarbonyl (C=S) groups is 1. The minimum Gasteiger partial charge on any atom is -0.357 e. The van der Waals surface area contributed by atoms with Crippen LogP contribution in [0.2, 0.25) is 0 Å². The molecule has 0 atom stereocenters. The standard InChI is InChI=1S/C26H36N4O2S2/c1-4-6-7-8-12-16-30-25(32)22(34-26(30)33)17-20-19(3)21(18-27)24(31)29(13-5-2)23(20)28-14-10-9-11-15-28/h17H,4-16H2,1-3H3/b22-17-. The van der Waals surface area contributed by atoms with Crippen molar-refractivity contribution >= 4 is 46.1 Å². The Morgan fingerprint density at radius 2 is 1.74 bits per heavy atom. The molecule has 1 aromatic rings. The van der Waals surface area contributed by atoms with Gasteiger partial charge in [0.05, 0.1) is 4.91 Å². The van der Waals surface area contributed by atoms with E-state index >= 15 is 0 Å². The fourth-order valence-corrected chi connectivity index (χ4v) is 6.01. The molecule has 2 fully saturated rings. The molecule has 2 saturated heterocycles. The number of unbranched alkanes of at least 4 members (excludes halogenated alkanes) is 4. The molecule has 0 radical (unpaired) electrons. The Morgan fingerprint density at radius 1 is 1.03 bits per heavy atom. The number of aromatic nitrogens is 1. The molecule has 0 saturated carbocycles. The molecular formula is C26H36N4O2S2. The second-order valence-electron chi connectivity index (χ2n) is 9.10. The number of amides is 1. The van der Waals surface area contributed by atoms with Gasteiger partial charge in [0, 0.05) is 31.7 Å². The fourth-order valence-electron chi connectivity index (χ4n) is 4.72. The molecule has 0 N–H and O–H groups in total. The van der Waals surface area contributed by atoms with Crippen molar-refractivity contribution in [1.82, 2.24) is 9.47 Å². The minimum atomic E-state index is -0.237. The molecular weight excluding hydrogens is 464 g/mol. The Balaban J connectivity index is 2.02. The highest BCUT2D eigenvalue weighted by molar-refractivity contribution is 8.26. The third-order valence-electron chi connectivity index (χ3n) is 6.58. The van der Waals surface area contributed by atoms with Crippen molar-refractivity contribution in [3.63, 3.8) is 0 Å². The Morgan fingerprint density at radius 3 is 2.38 bits per heavy atom. The average molecular weight is 501 g/mol. The first-order valence-corrected chi connectivity index (χ1v) is 13.8. The number of thioether (sulfide) groups is 1. The van der Waals surface area contributed by atoms with Gasteiger partial charge in [-0.1, -0.05) is 63.5 Å². The van der Waals surface area contributed by atoms with Gasteiger partial charge < -0.3 is 4.90 Å². The van der Waals surface area contributed by atoms with Crippen LogP contribution in [0.5, 0.6) is 0 Å². The summed E-state index contributed by atoms with van der Waals surface area (Å²) in [4.78, 5) is 31.0. The van der Waals surface area contributed by atoms with E-state index in [-0.39, 0.29) is 17.0 Å². The summed E-state index contributed by atoms with van der Waals surface area (Å²) in [7, 11) is 0. The first-order chi connectivity index (χ1) is 16.4. The first-order valence-electron chi connectivity index (χ1n) is 12.6. The minimum absolute atomic E-state index is 0.0683. The molecule has 34 heavy (non-hydrogen) atoms. The van der Waals surface area contributed by atoms with Crippen LogP contribution in [0.3, 0.4) is 0 Å². The van der Waals surface area contributed by atoms with Gasteiger partial charge in [0.1, 0.15) is 21.8 Å². The third kappa shape index (κ3) is 5.75. The normalized spacial score (nSPS) is 17.6. The molecule has 1 amide bonds. The molecule has 2 aliphatic rings. The van der Waals surface area contributed by atoms with Crippen LogP contribution in [0.1, 0.15) is 88.3 Å². The molecule has 6 nitrogen and oxygen atoms in total. The lowest BCUT2D eigenvalue weighted by molar-refractivity contribution is -0.122. The van der Waals surface area contributed by atoms with Crippen LogP contribution >= 0.6 is 24.0 Å². The van der Waals surface area contributed by atoms with Gasteiger partial charge >= 0.3 is 0 Å². The summed E-state index contributed by atoms with van der Waals surface area (Å²) < 4.78 is 2.34. The van der Waals surface area contributed by atoms with Crippen molar-refractivity contribution in [3.8, 4) is 6.07 Å². The predicted octanol–water partition coefficient (Wildman–Crippen LogP) is 5.60. The summed E-state index contributed by atoms with van der Waals surface area (Å²) >= 11 is 6.87. The van der Waals surface area contributed by atoms with Crippen LogP contribution in [-0.2, 0) is 11.3 Å². The van der Waals surface area contributed by atoms with Gasteiger partial charge in [-0.05, 0) is 50.7 Å². The number of pyridine rings is 1. The predicted molar refractivity (Wildman–Crippen MR) is 145 cm³/mol. The third-order valence-corrected chi connectivity index (χ3v) is 7.96. The second kappa shape index (κ2) is 12.6. The quantitative estimate of drug-likeness (QED) is 0.237. The number of hydrogen-bond donors (Lipinski definition) is 0. The van der Waals surface area contributed by atoms with E-state index in [2.05, 4.69) is 17.9 Å². The van der Waals surface area contributed by atoms with Crippen LogP contribution < -0.4 is 10.5 Å². The van der Waals surface area contributed by atoms with Crippen LogP contribution in [0.15, 0.2) is 9.70 Å². The van der Waals surface area contributed by atoms with E-state index in [1.54, 1.807) is 9.47 Å². The van der Waals surface area contributed by atoms with Gasteiger partial charge in [0.25, 0.3) is 11.5 Å². The zero-order valence-electron chi connectivity index (χ0n) is 20.7. The van der Waals surface area contributed by atoms with Crippen LogP contribution in [0, 0.1) is 18.3 Å². The molecule has 3 rings (SSSR count).